The second-order valence-corrected chi connectivity index (χ2v) is 5.73. The summed E-state index contributed by atoms with van der Waals surface area (Å²) in [6, 6.07) is 6.14. The molecular formula is C17H16Cl2N2O. The summed E-state index contributed by atoms with van der Waals surface area (Å²) in [5.41, 5.74) is 2.07. The molecule has 2 aromatic heterocycles. The fourth-order valence-corrected chi connectivity index (χ4v) is 2.91. The Hall–Kier alpha value is -1.97. The first-order valence-corrected chi connectivity index (χ1v) is 7.45. The number of carbonyl (C=O) groups excluding carboxylic acids is 1. The van der Waals surface area contributed by atoms with Crippen LogP contribution < -0.4 is 10.6 Å². The van der Waals surface area contributed by atoms with Gasteiger partial charge in [-0.05, 0) is 26.0 Å². The summed E-state index contributed by atoms with van der Waals surface area (Å²) in [6.07, 6.45) is 4.40. The quantitative estimate of drug-likeness (QED) is 0.654. The van der Waals surface area contributed by atoms with Crippen molar-refractivity contribution in [1.29, 1.82) is 0 Å². The van der Waals surface area contributed by atoms with Crippen molar-refractivity contribution in [3.8, 4) is 0 Å². The van der Waals surface area contributed by atoms with Crippen molar-refractivity contribution < 1.29 is 4.79 Å². The van der Waals surface area contributed by atoms with Crippen molar-refractivity contribution in [1.82, 2.24) is 9.97 Å². The van der Waals surface area contributed by atoms with Crippen LogP contribution in [0.2, 0.25) is 0 Å². The molecule has 3 nitrogen and oxygen atoms in total. The van der Waals surface area contributed by atoms with Gasteiger partial charge in [0.25, 0.3) is 0 Å². The van der Waals surface area contributed by atoms with Crippen LogP contribution >= 0.6 is 23.2 Å². The monoisotopic (exact) mass is 334 g/mol. The predicted octanol–water partition coefficient (Wildman–Crippen LogP) is 3.75. The highest BCUT2D eigenvalue weighted by molar-refractivity contribution is 6.48. The van der Waals surface area contributed by atoms with Crippen LogP contribution in [0.15, 0.2) is 35.5 Å². The number of allylic oxidation sites excluding steroid dienone is 2. The van der Waals surface area contributed by atoms with E-state index in [0.717, 1.165) is 38.7 Å². The van der Waals surface area contributed by atoms with Crippen molar-refractivity contribution in [2.45, 2.75) is 13.8 Å². The summed E-state index contributed by atoms with van der Waals surface area (Å²) in [6.45, 7) is 7.27. The van der Waals surface area contributed by atoms with E-state index < -0.39 is 0 Å². The van der Waals surface area contributed by atoms with E-state index in [9.17, 15) is 0 Å². The Balaban J connectivity index is 0.000000545. The van der Waals surface area contributed by atoms with Crippen molar-refractivity contribution in [3.05, 3.63) is 46.1 Å². The number of nitrogens with one attached hydrogen (secondary N) is 2. The molecule has 0 aliphatic rings. The van der Waals surface area contributed by atoms with Gasteiger partial charge in [-0.1, -0.05) is 41.9 Å². The number of fused-ring (bicyclic) bond motifs is 3. The molecule has 0 aliphatic carbocycles. The van der Waals surface area contributed by atoms with Gasteiger partial charge < -0.3 is 14.8 Å². The maximum atomic E-state index is 8.81. The summed E-state index contributed by atoms with van der Waals surface area (Å²) in [5, 5.41) is 5.11. The molecule has 5 heteroatoms. The number of carbonyl (C=O) groups is 1. The van der Waals surface area contributed by atoms with E-state index in [2.05, 4.69) is 22.6 Å². The zero-order valence-electron chi connectivity index (χ0n) is 12.3. The third kappa shape index (κ3) is 3.11. The second kappa shape index (κ2) is 6.86. The molecule has 0 saturated carbocycles. The Morgan fingerprint density at radius 3 is 2.55 bits per heavy atom. The zero-order chi connectivity index (χ0) is 16.3. The summed E-state index contributed by atoms with van der Waals surface area (Å²) in [7, 11) is 0. The molecule has 0 atom stereocenters. The molecule has 114 valence electrons. The maximum absolute atomic E-state index is 8.81. The first-order chi connectivity index (χ1) is 10.5. The molecule has 22 heavy (non-hydrogen) atoms. The van der Waals surface area contributed by atoms with Gasteiger partial charge in [0.2, 0.25) is 0 Å². The first-order valence-electron chi connectivity index (χ1n) is 6.69. The van der Waals surface area contributed by atoms with Crippen molar-refractivity contribution in [2.24, 2.45) is 0 Å². The number of benzene rings is 1. The zero-order valence-corrected chi connectivity index (χ0v) is 13.8. The number of rotatable bonds is 1. The van der Waals surface area contributed by atoms with E-state index >= 15 is 0 Å². The minimum absolute atomic E-state index is 0.592. The van der Waals surface area contributed by atoms with Crippen LogP contribution in [0.4, 0.5) is 0 Å². The van der Waals surface area contributed by atoms with Crippen molar-refractivity contribution >= 4 is 62.9 Å². The molecule has 2 N–H and O–H groups in total. The molecule has 0 aliphatic heterocycles. The molecule has 0 saturated heterocycles. The Bertz CT molecular complexity index is 960. The van der Waals surface area contributed by atoms with E-state index in [-0.39, 0.29) is 0 Å². The number of aldehydes is 1. The topological polar surface area (TPSA) is 48.6 Å². The minimum Gasteiger partial charge on any atom is -0.359 e. The summed E-state index contributed by atoms with van der Waals surface area (Å²) in [5.74, 6) is 0. The molecule has 1 aromatic carbocycles. The van der Waals surface area contributed by atoms with E-state index in [1.807, 2.05) is 18.3 Å². The fourth-order valence-electron chi connectivity index (χ4n) is 2.36. The molecule has 3 aromatic rings. The lowest BCUT2D eigenvalue weighted by molar-refractivity contribution is -0.106. The van der Waals surface area contributed by atoms with Gasteiger partial charge in [-0.15, -0.1) is 0 Å². The van der Waals surface area contributed by atoms with Gasteiger partial charge in [0.05, 0.1) is 16.1 Å². The summed E-state index contributed by atoms with van der Waals surface area (Å²) >= 11 is 12.2. The van der Waals surface area contributed by atoms with Crippen LogP contribution in [-0.4, -0.2) is 16.3 Å². The van der Waals surface area contributed by atoms with Gasteiger partial charge in [-0.2, -0.15) is 0 Å². The Kier molecular flexibility index (Phi) is 5.11. The predicted molar refractivity (Wildman–Crippen MR) is 95.5 cm³/mol. The smallest absolute Gasteiger partial charge is 0.116 e. The number of H-pyrrole nitrogens is 2. The normalized spacial score (nSPS) is 13.0. The van der Waals surface area contributed by atoms with Gasteiger partial charge in [0.15, 0.2) is 0 Å². The molecule has 0 radical (unpaired) electrons. The number of hydrogen-bond acceptors (Lipinski definition) is 1. The van der Waals surface area contributed by atoms with Gasteiger partial charge in [0.1, 0.15) is 6.29 Å². The van der Waals surface area contributed by atoms with Crippen LogP contribution in [0.5, 0.6) is 0 Å². The van der Waals surface area contributed by atoms with Gasteiger partial charge in [0, 0.05) is 32.6 Å². The van der Waals surface area contributed by atoms with Crippen molar-refractivity contribution in [3.63, 3.8) is 0 Å². The molecule has 0 bridgehead atoms. The van der Waals surface area contributed by atoms with Crippen LogP contribution in [0.25, 0.3) is 33.4 Å². The molecule has 0 amide bonds. The number of aromatic amines is 2. The molecule has 3 rings (SSSR count). The highest BCUT2D eigenvalue weighted by Gasteiger charge is 2.07. The molecule has 0 unspecified atom stereocenters. The van der Waals surface area contributed by atoms with Gasteiger partial charge in [-0.3, -0.25) is 0 Å². The SMILES string of the molecule is C=c1[nH]c2c(ccc3cc[nH]c32)/c1=C(Cl)/C=C(\C)Cl.CC=O. The lowest BCUT2D eigenvalue weighted by Crippen LogP contribution is -2.22. The first kappa shape index (κ1) is 16.4. The maximum Gasteiger partial charge on any atom is 0.116 e. The largest absolute Gasteiger partial charge is 0.359 e. The fraction of sp³-hybridized carbons (Fsp3) is 0.118. The minimum atomic E-state index is 0.592. The second-order valence-electron chi connectivity index (χ2n) is 4.72. The Labute approximate surface area is 137 Å². The number of aromatic nitrogens is 2. The van der Waals surface area contributed by atoms with Crippen molar-refractivity contribution in [2.75, 3.05) is 0 Å². The molecule has 0 spiro atoms. The standard InChI is InChI=1S/C15H12Cl2N2.C2H4O/c1-8(16)7-12(17)13-9(2)19-15-11(13)4-3-10-5-6-18-14(10)15;1-2-3/h3-7,18-19H,2H2,1H3;2H,1H3/b8-7+,13-12-;. The van der Waals surface area contributed by atoms with E-state index in [4.69, 9.17) is 28.0 Å². The number of hydrogen-bond donors (Lipinski definition) is 2. The highest BCUT2D eigenvalue weighted by atomic mass is 35.5. The van der Waals surface area contributed by atoms with Gasteiger partial charge >= 0.3 is 0 Å². The van der Waals surface area contributed by atoms with E-state index in [0.29, 0.717) is 10.1 Å². The molecule has 0 fully saturated rings. The third-order valence-corrected chi connectivity index (χ3v) is 3.55. The summed E-state index contributed by atoms with van der Waals surface area (Å²) < 4.78 is 0. The lowest BCUT2D eigenvalue weighted by Gasteiger charge is -1.94. The summed E-state index contributed by atoms with van der Waals surface area (Å²) in [4.78, 5) is 15.3. The molecule has 2 heterocycles. The Morgan fingerprint density at radius 1 is 1.23 bits per heavy atom. The third-order valence-electron chi connectivity index (χ3n) is 3.14. The highest BCUT2D eigenvalue weighted by Crippen LogP contribution is 2.20. The van der Waals surface area contributed by atoms with Crippen LogP contribution in [0, 0.1) is 0 Å². The van der Waals surface area contributed by atoms with E-state index in [1.54, 1.807) is 13.0 Å². The molecular weight excluding hydrogens is 319 g/mol. The van der Waals surface area contributed by atoms with Crippen LogP contribution in [0.1, 0.15) is 13.8 Å². The van der Waals surface area contributed by atoms with Crippen LogP contribution in [-0.2, 0) is 4.79 Å². The average Bonchev–Trinajstić information content (AvgIpc) is 3.00. The lowest BCUT2D eigenvalue weighted by atomic mass is 10.1. The van der Waals surface area contributed by atoms with E-state index in [1.165, 1.54) is 6.92 Å². The number of halogens is 2. The van der Waals surface area contributed by atoms with Crippen LogP contribution in [0.3, 0.4) is 0 Å². The average molecular weight is 335 g/mol. The van der Waals surface area contributed by atoms with Gasteiger partial charge in [-0.25, -0.2) is 0 Å². The Morgan fingerprint density at radius 2 is 1.91 bits per heavy atom.